The topological polar surface area (TPSA) is 69.6 Å². The molecule has 0 saturated carbocycles. The number of amides is 2. The van der Waals surface area contributed by atoms with Crippen molar-refractivity contribution in [3.05, 3.63) is 93.8 Å². The third-order valence-electron chi connectivity index (χ3n) is 5.54. The van der Waals surface area contributed by atoms with Crippen LogP contribution in [-0.2, 0) is 17.1 Å². The molecule has 3 rings (SSSR count). The van der Waals surface area contributed by atoms with Gasteiger partial charge in [-0.1, -0.05) is 35.9 Å². The number of benzene rings is 3. The van der Waals surface area contributed by atoms with Crippen LogP contribution in [0.3, 0.4) is 0 Å². The number of hydrogen-bond donors (Lipinski definition) is 2. The number of nitrogens with one attached hydrogen (secondary N) is 1. The van der Waals surface area contributed by atoms with Crippen LogP contribution in [0, 0.1) is 12.7 Å². The fourth-order valence-electron chi connectivity index (χ4n) is 3.37. The molecule has 5 nitrogen and oxygen atoms in total. The van der Waals surface area contributed by atoms with Gasteiger partial charge in [-0.2, -0.15) is 8.78 Å². The molecule has 0 heterocycles. The van der Waals surface area contributed by atoms with Crippen LogP contribution in [0.1, 0.15) is 34.0 Å². The number of anilines is 2. The summed E-state index contributed by atoms with van der Waals surface area (Å²) in [4.78, 5) is 26.3. The lowest BCUT2D eigenvalue weighted by Gasteiger charge is -2.20. The van der Waals surface area contributed by atoms with Gasteiger partial charge in [0.15, 0.2) is 0 Å². The van der Waals surface area contributed by atoms with E-state index in [-0.39, 0.29) is 34.2 Å². The first-order valence-electron chi connectivity index (χ1n) is 10.7. The Morgan fingerprint density at radius 1 is 1.09 bits per heavy atom. The Morgan fingerprint density at radius 3 is 2.26 bits per heavy atom. The third-order valence-corrected chi connectivity index (χ3v) is 5.95. The van der Waals surface area contributed by atoms with Crippen LogP contribution in [0.4, 0.5) is 24.5 Å². The number of carbonyl (C=O) groups excluding carboxylic acids is 2. The van der Waals surface area contributed by atoms with Crippen molar-refractivity contribution in [3.8, 4) is 0 Å². The molecule has 2 N–H and O–H groups in total. The van der Waals surface area contributed by atoms with Gasteiger partial charge in [0, 0.05) is 28.9 Å². The summed E-state index contributed by atoms with van der Waals surface area (Å²) in [6.07, 6.45) is -1.89. The number of aryl methyl sites for hydroxylation is 1. The molecule has 184 valence electrons. The average molecular weight is 505 g/mol. The highest BCUT2D eigenvalue weighted by Gasteiger charge is 2.37. The van der Waals surface area contributed by atoms with Crippen LogP contribution in [0.25, 0.3) is 0 Å². The van der Waals surface area contributed by atoms with Crippen molar-refractivity contribution in [1.82, 2.24) is 0 Å². The smallest absolute Gasteiger partial charge is 0.298 e. The van der Waals surface area contributed by atoms with Crippen LogP contribution < -0.4 is 10.2 Å². The Balaban J connectivity index is 1.63. The molecular weight excluding hydrogens is 481 g/mol. The van der Waals surface area contributed by atoms with Crippen LogP contribution in [0.15, 0.2) is 60.7 Å². The maximum absolute atomic E-state index is 14.3. The summed E-state index contributed by atoms with van der Waals surface area (Å²) < 4.78 is 42.0. The molecule has 0 aromatic heterocycles. The molecule has 1 unspecified atom stereocenters. The predicted molar refractivity (Wildman–Crippen MR) is 130 cm³/mol. The largest absolute Gasteiger partial charge is 0.387 e. The number of rotatable bonds is 7. The van der Waals surface area contributed by atoms with E-state index in [1.54, 1.807) is 6.92 Å². The molecule has 0 spiro atoms. The van der Waals surface area contributed by atoms with Crippen molar-refractivity contribution in [1.29, 1.82) is 0 Å². The molecule has 0 aliphatic carbocycles. The SMILES string of the molecule is Cc1cc(N(C)C(=O)c2ccc(NC(=O)Cc3ccc(C(F)(F)C(C)O)cc3)cc2)c(F)cc1Cl. The number of nitrogens with zero attached hydrogens (tertiary/aromatic N) is 1. The van der Waals surface area contributed by atoms with Gasteiger partial charge in [0.05, 0.1) is 12.1 Å². The van der Waals surface area contributed by atoms with Gasteiger partial charge in [0.2, 0.25) is 5.91 Å². The molecule has 0 fully saturated rings. The highest BCUT2D eigenvalue weighted by molar-refractivity contribution is 6.31. The number of alkyl halides is 2. The molecule has 0 aliphatic heterocycles. The molecule has 0 saturated heterocycles. The lowest BCUT2D eigenvalue weighted by Crippen LogP contribution is -2.28. The predicted octanol–water partition coefficient (Wildman–Crippen LogP) is 5.72. The van der Waals surface area contributed by atoms with E-state index in [0.29, 0.717) is 16.8 Å². The van der Waals surface area contributed by atoms with Crippen molar-refractivity contribution in [2.24, 2.45) is 0 Å². The van der Waals surface area contributed by atoms with Crippen molar-refractivity contribution in [2.45, 2.75) is 32.3 Å². The molecular formula is C26H24ClF3N2O3. The molecule has 35 heavy (non-hydrogen) atoms. The number of hydrogen-bond acceptors (Lipinski definition) is 3. The van der Waals surface area contributed by atoms with Gasteiger partial charge in [-0.3, -0.25) is 9.59 Å². The molecule has 0 radical (unpaired) electrons. The quantitative estimate of drug-likeness (QED) is 0.432. The van der Waals surface area contributed by atoms with Crippen LogP contribution in [-0.4, -0.2) is 30.1 Å². The Labute approximate surface area is 206 Å². The van der Waals surface area contributed by atoms with E-state index in [1.165, 1.54) is 66.5 Å². The molecule has 0 bridgehead atoms. The first-order valence-corrected chi connectivity index (χ1v) is 11.1. The molecule has 3 aromatic rings. The highest BCUT2D eigenvalue weighted by Crippen LogP contribution is 2.32. The monoisotopic (exact) mass is 504 g/mol. The summed E-state index contributed by atoms with van der Waals surface area (Å²) in [5.41, 5.74) is 1.61. The number of halogens is 4. The molecule has 9 heteroatoms. The number of carbonyl (C=O) groups is 2. The van der Waals surface area contributed by atoms with Gasteiger partial charge in [-0.25, -0.2) is 4.39 Å². The summed E-state index contributed by atoms with van der Waals surface area (Å²) in [5.74, 6) is -4.83. The zero-order valence-corrected chi connectivity index (χ0v) is 20.0. The Bertz CT molecular complexity index is 1230. The molecule has 2 amide bonds. The van der Waals surface area contributed by atoms with Gasteiger partial charge < -0.3 is 15.3 Å². The second-order valence-corrected chi connectivity index (χ2v) is 8.62. The first-order chi connectivity index (χ1) is 16.4. The average Bonchev–Trinajstić information content (AvgIpc) is 2.81. The maximum atomic E-state index is 14.3. The standard InChI is InChI=1S/C26H24ClF3N2O3/c1-15-12-23(22(28)14-21(15)27)32(3)25(35)18-6-10-20(11-7-18)31-24(34)13-17-4-8-19(9-5-17)26(29,30)16(2)33/h4-12,14,16,33H,13H2,1-3H3,(H,31,34). The lowest BCUT2D eigenvalue weighted by molar-refractivity contribution is -0.115. The minimum Gasteiger partial charge on any atom is -0.387 e. The van der Waals surface area contributed by atoms with E-state index in [1.807, 2.05) is 0 Å². The Kier molecular flexibility index (Phi) is 7.87. The second kappa shape index (κ2) is 10.5. The molecule has 0 aliphatic rings. The van der Waals surface area contributed by atoms with Gasteiger partial charge in [0.1, 0.15) is 11.9 Å². The zero-order chi connectivity index (χ0) is 25.9. The highest BCUT2D eigenvalue weighted by atomic mass is 35.5. The van der Waals surface area contributed by atoms with Gasteiger partial charge in [-0.15, -0.1) is 0 Å². The van der Waals surface area contributed by atoms with E-state index in [0.717, 1.165) is 13.0 Å². The third kappa shape index (κ3) is 6.01. The first kappa shape index (κ1) is 26.2. The van der Waals surface area contributed by atoms with Crippen LogP contribution >= 0.6 is 11.6 Å². The fraction of sp³-hybridized carbons (Fsp3) is 0.231. The van der Waals surface area contributed by atoms with Crippen molar-refractivity contribution >= 4 is 34.8 Å². The van der Waals surface area contributed by atoms with E-state index >= 15 is 0 Å². The minimum atomic E-state index is -3.38. The van der Waals surface area contributed by atoms with E-state index in [9.17, 15) is 27.9 Å². The van der Waals surface area contributed by atoms with Crippen molar-refractivity contribution in [2.75, 3.05) is 17.3 Å². The van der Waals surface area contributed by atoms with Gasteiger partial charge in [-0.05, 0) is 61.4 Å². The van der Waals surface area contributed by atoms with Crippen molar-refractivity contribution < 1.29 is 27.9 Å². The maximum Gasteiger partial charge on any atom is 0.298 e. The zero-order valence-electron chi connectivity index (χ0n) is 19.3. The fourth-order valence-corrected chi connectivity index (χ4v) is 3.53. The van der Waals surface area contributed by atoms with Gasteiger partial charge in [0.25, 0.3) is 11.8 Å². The molecule has 1 atom stereocenters. The van der Waals surface area contributed by atoms with E-state index in [4.69, 9.17) is 11.6 Å². The Hall–Kier alpha value is -3.36. The Morgan fingerprint density at radius 2 is 1.69 bits per heavy atom. The number of aliphatic hydroxyl groups excluding tert-OH is 1. The van der Waals surface area contributed by atoms with Crippen molar-refractivity contribution in [3.63, 3.8) is 0 Å². The lowest BCUT2D eigenvalue weighted by atomic mass is 10.0. The summed E-state index contributed by atoms with van der Waals surface area (Å²) in [6, 6.07) is 13.9. The second-order valence-electron chi connectivity index (χ2n) is 8.22. The van der Waals surface area contributed by atoms with Crippen LogP contribution in [0.2, 0.25) is 5.02 Å². The minimum absolute atomic E-state index is 0.0564. The van der Waals surface area contributed by atoms with Gasteiger partial charge >= 0.3 is 0 Å². The van der Waals surface area contributed by atoms with Crippen LogP contribution in [0.5, 0.6) is 0 Å². The number of aliphatic hydroxyl groups is 1. The summed E-state index contributed by atoms with van der Waals surface area (Å²) >= 11 is 5.92. The normalized spacial score (nSPS) is 12.2. The van der Waals surface area contributed by atoms with E-state index < -0.39 is 23.8 Å². The van der Waals surface area contributed by atoms with E-state index in [2.05, 4.69) is 5.32 Å². The summed E-state index contributed by atoms with van der Waals surface area (Å²) in [5, 5.41) is 12.2. The molecule has 3 aromatic carbocycles. The summed E-state index contributed by atoms with van der Waals surface area (Å²) in [7, 11) is 1.45. The summed E-state index contributed by atoms with van der Waals surface area (Å²) in [6.45, 7) is 2.72.